The van der Waals surface area contributed by atoms with Crippen LogP contribution >= 0.6 is 0 Å². The molecule has 0 spiro atoms. The number of esters is 2. The highest BCUT2D eigenvalue weighted by Gasteiger charge is 2.71. The Morgan fingerprint density at radius 2 is 0.981 bits per heavy atom. The van der Waals surface area contributed by atoms with E-state index in [4.69, 9.17) is 28.4 Å². The molecule has 0 saturated heterocycles. The summed E-state index contributed by atoms with van der Waals surface area (Å²) < 4.78 is 35.1. The summed E-state index contributed by atoms with van der Waals surface area (Å²) in [6, 6.07) is 23.2. The highest BCUT2D eigenvalue weighted by atomic mass is 16.6. The molecular weight excluding hydrogens is 670 g/mol. The van der Waals surface area contributed by atoms with Gasteiger partial charge in [0.15, 0.2) is 0 Å². The Morgan fingerprint density at radius 1 is 0.596 bits per heavy atom. The summed E-state index contributed by atoms with van der Waals surface area (Å²) in [5.41, 5.74) is 0.108. The van der Waals surface area contributed by atoms with Gasteiger partial charge < -0.3 is 38.8 Å². The van der Waals surface area contributed by atoms with Crippen molar-refractivity contribution in [2.24, 2.45) is 11.8 Å². The standard InChI is InChI=1S/C40H43NO11/c1-26(2)37(45)49-22-18-47-20-24-51-39-29-14-8-10-16-31(29)40(32-17-11-9-15-30(32)39,52-25-21-48-19-23-50-38(46)27(3)4)34(36(43)44)33(39)35(42)41-28-12-6-5-7-13-28/h5-17,33-34H,1,3,18-25H2,2,4H3,(H,41,42)(H,43,44). The zero-order valence-electron chi connectivity index (χ0n) is 29.3. The van der Waals surface area contributed by atoms with Gasteiger partial charge in [-0.1, -0.05) is 79.9 Å². The number of carboxylic acid groups (broad SMARTS) is 1. The first-order chi connectivity index (χ1) is 25.1. The third-order valence-corrected chi connectivity index (χ3v) is 8.99. The molecule has 2 unspecified atom stereocenters. The molecule has 0 saturated carbocycles. The summed E-state index contributed by atoms with van der Waals surface area (Å²) >= 11 is 0. The first kappa shape index (κ1) is 38.1. The fourth-order valence-corrected chi connectivity index (χ4v) is 6.94. The van der Waals surface area contributed by atoms with Crippen LogP contribution in [0.1, 0.15) is 36.1 Å². The van der Waals surface area contributed by atoms with Crippen LogP contribution in [-0.4, -0.2) is 81.8 Å². The predicted molar refractivity (Wildman–Crippen MR) is 189 cm³/mol. The Kier molecular flexibility index (Phi) is 12.4. The van der Waals surface area contributed by atoms with E-state index in [0.717, 1.165) is 0 Å². The monoisotopic (exact) mass is 713 g/mol. The summed E-state index contributed by atoms with van der Waals surface area (Å²) in [6.45, 7) is 10.4. The number of hydrogen-bond acceptors (Lipinski definition) is 10. The quantitative estimate of drug-likeness (QED) is 0.100. The largest absolute Gasteiger partial charge is 0.481 e. The van der Waals surface area contributed by atoms with E-state index >= 15 is 0 Å². The van der Waals surface area contributed by atoms with E-state index in [-0.39, 0.29) is 64.0 Å². The normalized spacial score (nSPS) is 21.0. The minimum Gasteiger partial charge on any atom is -0.481 e. The van der Waals surface area contributed by atoms with Gasteiger partial charge in [0.25, 0.3) is 0 Å². The van der Waals surface area contributed by atoms with Gasteiger partial charge in [-0.3, -0.25) is 9.59 Å². The molecule has 2 N–H and O–H groups in total. The lowest BCUT2D eigenvalue weighted by Crippen LogP contribution is -2.67. The van der Waals surface area contributed by atoms with Gasteiger partial charge in [-0.15, -0.1) is 0 Å². The Morgan fingerprint density at radius 3 is 1.38 bits per heavy atom. The Labute approximate surface area is 302 Å². The minimum absolute atomic E-state index is 0.00516. The lowest BCUT2D eigenvalue weighted by atomic mass is 9.49. The summed E-state index contributed by atoms with van der Waals surface area (Å²) in [6.07, 6.45) is 0. The summed E-state index contributed by atoms with van der Waals surface area (Å²) in [5, 5.41) is 14.1. The van der Waals surface area contributed by atoms with Crippen LogP contribution in [0.4, 0.5) is 5.69 Å². The van der Waals surface area contributed by atoms with Crippen LogP contribution in [0.25, 0.3) is 0 Å². The molecule has 3 aliphatic carbocycles. The third kappa shape index (κ3) is 7.56. The van der Waals surface area contributed by atoms with Crippen LogP contribution in [-0.2, 0) is 58.8 Å². The van der Waals surface area contributed by atoms with E-state index in [0.29, 0.717) is 27.9 Å². The molecule has 1 amide bonds. The van der Waals surface area contributed by atoms with Crippen molar-refractivity contribution in [2.45, 2.75) is 25.0 Å². The fraction of sp³-hybridized carbons (Fsp3) is 0.350. The second-order valence-electron chi connectivity index (χ2n) is 12.5. The second-order valence-corrected chi connectivity index (χ2v) is 12.5. The molecule has 3 aliphatic rings. The van der Waals surface area contributed by atoms with Crippen molar-refractivity contribution in [3.63, 3.8) is 0 Å². The molecular formula is C40H43NO11. The van der Waals surface area contributed by atoms with Crippen LogP contribution in [0.15, 0.2) is 103 Å². The van der Waals surface area contributed by atoms with Gasteiger partial charge in [-0.2, -0.15) is 0 Å². The van der Waals surface area contributed by atoms with Gasteiger partial charge in [-0.25, -0.2) is 9.59 Å². The molecule has 0 aromatic heterocycles. The van der Waals surface area contributed by atoms with Crippen LogP contribution in [0.5, 0.6) is 0 Å². The molecule has 52 heavy (non-hydrogen) atoms. The molecule has 0 aliphatic heterocycles. The number of para-hydroxylation sites is 1. The Bertz CT molecular complexity index is 1760. The number of carbonyl (C=O) groups is 4. The zero-order chi connectivity index (χ0) is 37.3. The SMILES string of the molecule is C=C(C)C(=O)OCCOCCOC12c3ccccc3C(OCCOCCOC(=O)C(=C)C)(c3ccccc31)C(C(=O)Nc1ccccc1)C2C(=O)O. The van der Waals surface area contributed by atoms with Crippen molar-refractivity contribution in [1.82, 2.24) is 0 Å². The molecule has 12 heteroatoms. The van der Waals surface area contributed by atoms with Crippen LogP contribution in [0.2, 0.25) is 0 Å². The molecule has 0 fully saturated rings. The number of aliphatic carboxylic acids is 1. The molecule has 6 rings (SSSR count). The zero-order valence-corrected chi connectivity index (χ0v) is 29.3. The molecule has 2 bridgehead atoms. The molecule has 2 atom stereocenters. The van der Waals surface area contributed by atoms with Crippen molar-refractivity contribution in [3.8, 4) is 0 Å². The van der Waals surface area contributed by atoms with Crippen molar-refractivity contribution >= 4 is 29.5 Å². The maximum absolute atomic E-state index is 14.6. The van der Waals surface area contributed by atoms with Crippen molar-refractivity contribution < 1.29 is 52.7 Å². The lowest BCUT2D eigenvalue weighted by Gasteiger charge is -2.60. The summed E-state index contributed by atoms with van der Waals surface area (Å²) in [4.78, 5) is 51.7. The third-order valence-electron chi connectivity index (χ3n) is 8.99. The Balaban J connectivity index is 1.50. The van der Waals surface area contributed by atoms with E-state index in [1.54, 1.807) is 62.4 Å². The number of carboxylic acids is 1. The van der Waals surface area contributed by atoms with Gasteiger partial charge in [-0.05, 0) is 48.2 Å². The molecule has 0 radical (unpaired) electrons. The number of amides is 1. The number of benzene rings is 3. The predicted octanol–water partition coefficient (Wildman–Crippen LogP) is 4.76. The molecule has 3 aromatic carbocycles. The maximum Gasteiger partial charge on any atom is 0.333 e. The average molecular weight is 714 g/mol. The molecule has 12 nitrogen and oxygen atoms in total. The average Bonchev–Trinajstić information content (AvgIpc) is 3.14. The first-order valence-electron chi connectivity index (χ1n) is 16.9. The van der Waals surface area contributed by atoms with E-state index in [1.807, 2.05) is 30.3 Å². The topological polar surface area (TPSA) is 156 Å². The highest BCUT2D eigenvalue weighted by Crippen LogP contribution is 2.65. The van der Waals surface area contributed by atoms with Gasteiger partial charge in [0.2, 0.25) is 5.91 Å². The van der Waals surface area contributed by atoms with Gasteiger partial charge in [0.05, 0.1) is 45.6 Å². The number of ether oxygens (including phenoxy) is 6. The minimum atomic E-state index is -1.62. The van der Waals surface area contributed by atoms with Crippen LogP contribution < -0.4 is 5.32 Å². The molecule has 3 aromatic rings. The van der Waals surface area contributed by atoms with Crippen LogP contribution in [0.3, 0.4) is 0 Å². The van der Waals surface area contributed by atoms with E-state index in [9.17, 15) is 24.3 Å². The van der Waals surface area contributed by atoms with E-state index < -0.39 is 46.9 Å². The smallest absolute Gasteiger partial charge is 0.333 e. The second kappa shape index (κ2) is 16.9. The van der Waals surface area contributed by atoms with E-state index in [1.165, 1.54) is 0 Å². The van der Waals surface area contributed by atoms with Gasteiger partial charge in [0, 0.05) is 16.8 Å². The van der Waals surface area contributed by atoms with Crippen molar-refractivity contribution in [1.29, 1.82) is 0 Å². The first-order valence-corrected chi connectivity index (χ1v) is 16.9. The molecule has 274 valence electrons. The number of rotatable bonds is 19. The number of hydrogen-bond donors (Lipinski definition) is 2. The molecule has 0 heterocycles. The number of fused-ring (bicyclic) bond motifs is 1. The number of carbonyl (C=O) groups excluding carboxylic acids is 3. The maximum atomic E-state index is 14.6. The van der Waals surface area contributed by atoms with Gasteiger partial charge >= 0.3 is 17.9 Å². The number of nitrogens with one attached hydrogen (secondary N) is 1. The van der Waals surface area contributed by atoms with Crippen molar-refractivity contribution in [2.75, 3.05) is 58.2 Å². The van der Waals surface area contributed by atoms with Crippen molar-refractivity contribution in [3.05, 3.63) is 125 Å². The van der Waals surface area contributed by atoms with Crippen LogP contribution in [0, 0.1) is 11.8 Å². The fourth-order valence-electron chi connectivity index (χ4n) is 6.94. The summed E-state index contributed by atoms with van der Waals surface area (Å²) in [7, 11) is 0. The summed E-state index contributed by atoms with van der Waals surface area (Å²) in [5.74, 6) is -5.66. The number of anilines is 1. The van der Waals surface area contributed by atoms with Gasteiger partial charge in [0.1, 0.15) is 30.3 Å². The highest BCUT2D eigenvalue weighted by molar-refractivity contribution is 5.99. The Hall–Kier alpha value is -5.14. The van der Waals surface area contributed by atoms with E-state index in [2.05, 4.69) is 18.5 Å². The lowest BCUT2D eigenvalue weighted by molar-refractivity contribution is -0.200.